The molecule has 10 aliphatic rings. The summed E-state index contributed by atoms with van der Waals surface area (Å²) < 4.78 is 5.08. The normalized spacial score (nSPS) is 16.0. The molecule has 0 bridgehead atoms. The van der Waals surface area contributed by atoms with E-state index in [1.165, 1.54) is 183 Å². The Labute approximate surface area is 519 Å². The Hall–Kier alpha value is -10.7. The highest BCUT2D eigenvalue weighted by atomic mass is 15.2. The number of aromatic nitrogens is 2. The van der Waals surface area contributed by atoms with Crippen LogP contribution in [0.2, 0.25) is 0 Å². The first-order chi connectivity index (χ1) is 44.7. The molecule has 0 aliphatic carbocycles. The molecule has 90 heavy (non-hydrogen) atoms. The van der Waals surface area contributed by atoms with Gasteiger partial charge in [-0.1, -0.05) is 151 Å². The van der Waals surface area contributed by atoms with Crippen molar-refractivity contribution >= 4 is 221 Å². The summed E-state index contributed by atoms with van der Waals surface area (Å²) >= 11 is 0. The minimum atomic E-state index is 0.0104. The standard InChI is InChI=1S/C78H46B5N7/c1-9-25-55-45(17-1)46-18-2-10-26-56(46)87(55)43-33-35-59-53(37-43)82-51-23-7-15-31-63(51)89-61-29-13-5-21-49(61)80-41-84-42-81-50-22-6-14-30-62(50)90-64-32-16-8-24-52(64)83-54-38-44(88-57-27-11-3-19-47(57)48-20-4-12-28-58(48)88)34-36-60(54)86-40-79-39-85(59)75-65-67(70(80)77(89)72(75)82)74(84)68-66(69(65)79)76(86)73(83)78(90)71(68)81/h1-38H,39-42H2. The molecule has 2 aromatic heterocycles. The molecule has 13 aromatic carbocycles. The molecule has 0 amide bonds. The third-order valence-electron chi connectivity index (χ3n) is 23.6. The van der Waals surface area contributed by atoms with Gasteiger partial charge in [0.1, 0.15) is 0 Å². The monoisotopic (exact) mass is 1140 g/mol. The minimum absolute atomic E-state index is 0.0104. The molecule has 0 saturated heterocycles. The van der Waals surface area contributed by atoms with E-state index in [1.54, 1.807) is 16.4 Å². The Morgan fingerprint density at radius 1 is 0.267 bits per heavy atom. The molecule has 25 rings (SSSR count). The van der Waals surface area contributed by atoms with Crippen LogP contribution in [0.25, 0.3) is 76.5 Å². The molecule has 408 valence electrons. The molecular formula is C78H46B5N7. The maximum atomic E-state index is 2.93. The maximum Gasteiger partial charge on any atom is 0.252 e. The Morgan fingerprint density at radius 2 is 0.622 bits per heavy atom. The molecule has 12 heteroatoms. The van der Waals surface area contributed by atoms with Gasteiger partial charge in [-0.3, -0.25) is 0 Å². The second-order valence-corrected chi connectivity index (χ2v) is 27.2. The fourth-order valence-electron chi connectivity index (χ4n) is 20.7. The second-order valence-electron chi connectivity index (χ2n) is 27.2. The van der Waals surface area contributed by atoms with Crippen LogP contribution in [-0.2, 0) is 0 Å². The van der Waals surface area contributed by atoms with Crippen LogP contribution in [0.1, 0.15) is 0 Å². The van der Waals surface area contributed by atoms with E-state index in [4.69, 9.17) is 0 Å². The van der Waals surface area contributed by atoms with Gasteiger partial charge in [-0.05, 0) is 140 Å². The van der Waals surface area contributed by atoms with Gasteiger partial charge in [0.15, 0.2) is 0 Å². The van der Waals surface area contributed by atoms with Gasteiger partial charge in [0.2, 0.25) is 20.1 Å². The van der Waals surface area contributed by atoms with Gasteiger partial charge >= 0.3 is 0 Å². The van der Waals surface area contributed by atoms with Crippen LogP contribution in [0, 0.1) is 0 Å². The lowest BCUT2D eigenvalue weighted by Gasteiger charge is -2.57. The summed E-state index contributed by atoms with van der Waals surface area (Å²) in [5.41, 5.74) is 38.7. The van der Waals surface area contributed by atoms with Gasteiger partial charge in [0, 0.05) is 137 Å². The van der Waals surface area contributed by atoms with Crippen molar-refractivity contribution < 1.29 is 0 Å². The van der Waals surface area contributed by atoms with Crippen molar-refractivity contribution in [3.63, 3.8) is 0 Å². The number of nitrogens with zero attached hydrogens (tertiary/aromatic N) is 7. The van der Waals surface area contributed by atoms with Gasteiger partial charge in [-0.2, -0.15) is 0 Å². The second kappa shape index (κ2) is 15.2. The van der Waals surface area contributed by atoms with Crippen molar-refractivity contribution in [3.05, 3.63) is 231 Å². The Kier molecular flexibility index (Phi) is 7.71. The predicted octanol–water partition coefficient (Wildman–Crippen LogP) is 9.25. The van der Waals surface area contributed by atoms with E-state index in [-0.39, 0.29) is 33.6 Å². The zero-order chi connectivity index (χ0) is 57.4. The third kappa shape index (κ3) is 4.89. The van der Waals surface area contributed by atoms with Crippen molar-refractivity contribution in [1.82, 2.24) is 9.13 Å². The molecule has 15 aromatic rings. The van der Waals surface area contributed by atoms with E-state index >= 15 is 0 Å². The van der Waals surface area contributed by atoms with Gasteiger partial charge in [-0.25, -0.2) is 0 Å². The van der Waals surface area contributed by atoms with E-state index in [1.807, 2.05) is 0 Å². The maximum absolute atomic E-state index is 2.93. The highest BCUT2D eigenvalue weighted by Crippen LogP contribution is 2.56. The highest BCUT2D eigenvalue weighted by molar-refractivity contribution is 7.06. The van der Waals surface area contributed by atoms with Crippen molar-refractivity contribution in [3.8, 4) is 11.4 Å². The fraction of sp³-hybridized carbons (Fsp3) is 0.0513. The molecule has 0 saturated carbocycles. The van der Waals surface area contributed by atoms with E-state index in [2.05, 4.69) is 264 Å². The van der Waals surface area contributed by atoms with Crippen LogP contribution in [0.4, 0.5) is 62.6 Å². The first kappa shape index (κ1) is 45.6. The lowest BCUT2D eigenvalue weighted by Crippen LogP contribution is -2.73. The molecule has 0 spiro atoms. The van der Waals surface area contributed by atoms with Crippen LogP contribution < -0.4 is 84.6 Å². The Balaban J connectivity index is 0.846. The van der Waals surface area contributed by atoms with Crippen LogP contribution in [0.3, 0.4) is 0 Å². The first-order valence-corrected chi connectivity index (χ1v) is 32.5. The number of para-hydroxylation sites is 8. The van der Waals surface area contributed by atoms with E-state index in [9.17, 15) is 0 Å². The minimum Gasteiger partial charge on any atom is -0.384 e. The lowest BCUT2D eigenvalue weighted by atomic mass is 9.26. The van der Waals surface area contributed by atoms with E-state index in [0.29, 0.717) is 0 Å². The zero-order valence-electron chi connectivity index (χ0n) is 48.8. The topological polar surface area (TPSA) is 26.1 Å². The summed E-state index contributed by atoms with van der Waals surface area (Å²) in [6.45, 7) is 0.573. The van der Waals surface area contributed by atoms with Gasteiger partial charge in [0.05, 0.1) is 27.8 Å². The first-order valence-electron chi connectivity index (χ1n) is 32.5. The molecule has 0 N–H and O–H groups in total. The molecule has 12 heterocycles. The fourth-order valence-corrected chi connectivity index (χ4v) is 20.7. The number of rotatable bonds is 2. The lowest BCUT2D eigenvalue weighted by molar-refractivity contribution is 1.03. The third-order valence-corrected chi connectivity index (χ3v) is 23.6. The van der Waals surface area contributed by atoms with E-state index < -0.39 is 0 Å². The highest BCUT2D eigenvalue weighted by Gasteiger charge is 2.59. The number of fused-ring (bicyclic) bond motifs is 24. The average molecular weight is 1140 g/mol. The molecule has 0 unspecified atom stereocenters. The Bertz CT molecular complexity index is 5600. The number of anilines is 11. The van der Waals surface area contributed by atoms with E-state index in [0.717, 1.165) is 25.8 Å². The summed E-state index contributed by atoms with van der Waals surface area (Å²) in [5.74, 6) is 0. The smallest absolute Gasteiger partial charge is 0.252 e. The summed E-state index contributed by atoms with van der Waals surface area (Å²) in [5, 5.41) is 11.2. The van der Waals surface area contributed by atoms with Crippen LogP contribution in [0.15, 0.2) is 231 Å². The van der Waals surface area contributed by atoms with Crippen molar-refractivity contribution in [2.45, 2.75) is 0 Å². The molecule has 10 aliphatic heterocycles. The molecule has 0 radical (unpaired) electrons. The SMILES string of the molecule is c1ccc2c(c1)B1c3cc(-n4c5ccccc5c5ccccc54)ccc3N3CB4CN5c6ccc(-n7c8ccccc8c8ccccc87)cc6B6c7ccccc7N7c8ccccc8B8CN9CB%10c%11ccccc%11N2c2c1c3c1c4c3c5c6c7c8c3c9c1c2%10. The molecule has 7 nitrogen and oxygen atoms in total. The zero-order valence-corrected chi connectivity index (χ0v) is 48.8. The molecule has 0 fully saturated rings. The van der Waals surface area contributed by atoms with Gasteiger partial charge in [0.25, 0.3) is 13.4 Å². The van der Waals surface area contributed by atoms with Gasteiger partial charge in [-0.15, -0.1) is 0 Å². The average Bonchev–Trinajstić information content (AvgIpc) is 0.804. The summed E-state index contributed by atoms with van der Waals surface area (Å²) in [7, 11) is 0. The van der Waals surface area contributed by atoms with Crippen LogP contribution >= 0.6 is 0 Å². The molecular weight excluding hydrogens is 1090 g/mol. The summed E-state index contributed by atoms with van der Waals surface area (Å²) in [6.07, 6.45) is 3.62. The largest absolute Gasteiger partial charge is 0.384 e. The number of benzene rings is 13. The number of hydrogen-bond donors (Lipinski definition) is 0. The van der Waals surface area contributed by atoms with Crippen molar-refractivity contribution in [1.29, 1.82) is 0 Å². The molecule has 0 atom stereocenters. The van der Waals surface area contributed by atoms with Crippen LogP contribution in [0.5, 0.6) is 0 Å². The van der Waals surface area contributed by atoms with Crippen LogP contribution in [-0.4, -0.2) is 68.5 Å². The van der Waals surface area contributed by atoms with Gasteiger partial charge < -0.3 is 33.6 Å². The summed E-state index contributed by atoms with van der Waals surface area (Å²) in [4.78, 5) is 14.2. The quantitative estimate of drug-likeness (QED) is 0.127. The predicted molar refractivity (Wildman–Crippen MR) is 383 cm³/mol. The summed E-state index contributed by atoms with van der Waals surface area (Å²) in [6, 6.07) is 89.3. The van der Waals surface area contributed by atoms with Crippen molar-refractivity contribution in [2.24, 2.45) is 0 Å². The van der Waals surface area contributed by atoms with Crippen molar-refractivity contribution in [2.75, 3.05) is 50.3 Å². The number of hydrogen-bond acceptors (Lipinski definition) is 5. The Morgan fingerprint density at radius 3 is 1.04 bits per heavy atom.